The smallest absolute Gasteiger partial charge is 0.449 e. The van der Waals surface area contributed by atoms with Gasteiger partial charge >= 0.3 is 64.5 Å². The van der Waals surface area contributed by atoms with Crippen LogP contribution in [-0.4, -0.2) is 19.7 Å². The number of carbonyl (C=O) groups excluding carboxylic acids is 1. The number of hydrogen-bond acceptors (Lipinski definition) is 3. The normalized spacial score (nSPS) is 12.5. The van der Waals surface area contributed by atoms with Gasteiger partial charge in [-0.2, -0.15) is 0 Å². The number of benzene rings is 3. The second-order valence-corrected chi connectivity index (χ2v) is 8.04. The summed E-state index contributed by atoms with van der Waals surface area (Å²) in [6.45, 7) is -2.44. The van der Waals surface area contributed by atoms with E-state index in [0.717, 1.165) is 22.3 Å². The Kier molecular flexibility index (Phi) is 8.01. The summed E-state index contributed by atoms with van der Waals surface area (Å²) in [5.41, 5.74) is 9.94. The van der Waals surface area contributed by atoms with Crippen LogP contribution in [0.15, 0.2) is 54.6 Å². The van der Waals surface area contributed by atoms with Crippen molar-refractivity contribution in [3.63, 3.8) is 0 Å². The average molecular weight is 478 g/mol. The molecule has 166 valence electrons. The van der Waals surface area contributed by atoms with E-state index in [9.17, 15) is 17.7 Å². The van der Waals surface area contributed by atoms with Crippen molar-refractivity contribution in [1.29, 1.82) is 0 Å². The van der Waals surface area contributed by atoms with Gasteiger partial charge in [-0.05, 0) is 47.7 Å². The molecule has 0 fully saturated rings. The van der Waals surface area contributed by atoms with E-state index in [1.807, 2.05) is 48.5 Å². The minimum absolute atomic E-state index is 0. The van der Waals surface area contributed by atoms with Crippen molar-refractivity contribution in [3.8, 4) is 11.1 Å². The van der Waals surface area contributed by atoms with E-state index in [4.69, 9.17) is 10.5 Å². The van der Waals surface area contributed by atoms with Gasteiger partial charge in [-0.25, -0.2) is 4.79 Å². The maximum absolute atomic E-state index is 13.5. The zero-order chi connectivity index (χ0) is 23.0. The van der Waals surface area contributed by atoms with E-state index in [1.54, 1.807) is 0 Å². The van der Waals surface area contributed by atoms with Crippen molar-refractivity contribution < 1.29 is 73.9 Å². The Morgan fingerprint density at radius 3 is 2.09 bits per heavy atom. The molecule has 3 N–H and O–H groups in total. The van der Waals surface area contributed by atoms with Gasteiger partial charge in [-0.15, -0.1) is 5.46 Å². The quantitative estimate of drug-likeness (QED) is 0.436. The van der Waals surface area contributed by atoms with E-state index >= 15 is 0 Å². The van der Waals surface area contributed by atoms with Gasteiger partial charge in [0.1, 0.15) is 6.61 Å². The number of nitrogens with one attached hydrogen (secondary N) is 1. The van der Waals surface area contributed by atoms with Crippen LogP contribution in [0.25, 0.3) is 11.1 Å². The third-order valence-electron chi connectivity index (χ3n) is 6.15. The molecule has 9 heteroatoms. The molecule has 0 unspecified atom stereocenters. The molecular weight excluding hydrogens is 455 g/mol. The molecule has 0 saturated heterocycles. The third-order valence-corrected chi connectivity index (χ3v) is 6.15. The Morgan fingerprint density at radius 1 is 1.00 bits per heavy atom. The second kappa shape index (κ2) is 10.2. The van der Waals surface area contributed by atoms with E-state index in [0.29, 0.717) is 5.56 Å². The number of amides is 1. The summed E-state index contributed by atoms with van der Waals surface area (Å²) in [7, 11) is 0. The monoisotopic (exact) mass is 478 g/mol. The third kappa shape index (κ3) is 5.17. The number of fused-ring (bicyclic) bond motifs is 3. The summed E-state index contributed by atoms with van der Waals surface area (Å²) in [6.07, 6.45) is -0.690. The molecule has 3 aromatic rings. The molecule has 4 rings (SSSR count). The average Bonchev–Trinajstić information content (AvgIpc) is 3.07. The first-order valence-corrected chi connectivity index (χ1v) is 10.4. The van der Waals surface area contributed by atoms with Crippen molar-refractivity contribution in [2.75, 3.05) is 12.3 Å². The largest absolute Gasteiger partial charge is 1.00 e. The summed E-state index contributed by atoms with van der Waals surface area (Å²) in [4.78, 5) is 12.4. The maximum Gasteiger partial charge on any atom is 1.00 e. The molecule has 3 aromatic carbocycles. The minimum Gasteiger partial charge on any atom is -0.449 e. The Labute approximate surface area is 233 Å². The molecule has 0 radical (unpaired) electrons. The Morgan fingerprint density at radius 2 is 1.55 bits per heavy atom. The van der Waals surface area contributed by atoms with Gasteiger partial charge in [0.2, 0.25) is 0 Å². The van der Waals surface area contributed by atoms with Crippen molar-refractivity contribution in [2.24, 2.45) is 0 Å². The van der Waals surface area contributed by atoms with Crippen LogP contribution in [0.2, 0.25) is 0 Å². The molecule has 0 atom stereocenters. The fourth-order valence-corrected chi connectivity index (χ4v) is 4.51. The standard InChI is InChI=1S/C24H23BF3N2O2.K/c1-14-16(11-22(29)15(2)23(14)25(26,27)28)12-30-24(31)32-13-21-19-9-5-3-7-17(19)18-8-4-6-10-20(18)21;/h3-11,21H,12-13,29H2,1-2H3,(H,30,31);/q-1;+1. The number of alkyl carbamates (subject to hydrolysis) is 1. The van der Waals surface area contributed by atoms with Crippen LogP contribution in [0, 0.1) is 13.8 Å². The summed E-state index contributed by atoms with van der Waals surface area (Å²) in [6, 6.07) is 17.4. The number of rotatable bonds is 5. The van der Waals surface area contributed by atoms with Crippen LogP contribution in [0.1, 0.15) is 33.7 Å². The molecule has 4 nitrogen and oxygen atoms in total. The Balaban J connectivity index is 0.00000306. The number of nitrogens with two attached hydrogens (primary N) is 1. The first-order valence-electron chi connectivity index (χ1n) is 10.4. The van der Waals surface area contributed by atoms with Gasteiger partial charge < -0.3 is 28.7 Å². The van der Waals surface area contributed by atoms with Crippen LogP contribution in [0.4, 0.5) is 23.4 Å². The van der Waals surface area contributed by atoms with Gasteiger partial charge in [0.15, 0.2) is 0 Å². The molecular formula is C24H23BF3KN2O2. The van der Waals surface area contributed by atoms with Gasteiger partial charge in [-0.1, -0.05) is 59.7 Å². The summed E-state index contributed by atoms with van der Waals surface area (Å²) in [5.74, 6) is -0.0931. The predicted molar refractivity (Wildman–Crippen MR) is 121 cm³/mol. The Hall–Kier alpha value is -1.78. The van der Waals surface area contributed by atoms with E-state index in [2.05, 4.69) is 5.32 Å². The van der Waals surface area contributed by atoms with Gasteiger partial charge in [-0.3, -0.25) is 0 Å². The van der Waals surface area contributed by atoms with Crippen molar-refractivity contribution >= 4 is 24.2 Å². The van der Waals surface area contributed by atoms with E-state index in [1.165, 1.54) is 19.9 Å². The van der Waals surface area contributed by atoms with Crippen LogP contribution in [0.5, 0.6) is 0 Å². The molecule has 33 heavy (non-hydrogen) atoms. The number of ether oxygens (including phenoxy) is 1. The molecule has 1 aliphatic carbocycles. The number of halogens is 3. The molecule has 0 saturated carbocycles. The van der Waals surface area contributed by atoms with Crippen molar-refractivity contribution in [3.05, 3.63) is 82.4 Å². The van der Waals surface area contributed by atoms with Crippen molar-refractivity contribution in [2.45, 2.75) is 26.3 Å². The van der Waals surface area contributed by atoms with Crippen LogP contribution in [-0.2, 0) is 11.3 Å². The fraction of sp³-hybridized carbons (Fsp3) is 0.208. The number of hydrogen-bond donors (Lipinski definition) is 2. The molecule has 0 bridgehead atoms. The number of anilines is 1. The van der Waals surface area contributed by atoms with E-state index in [-0.39, 0.29) is 87.3 Å². The molecule has 1 amide bonds. The second-order valence-electron chi connectivity index (χ2n) is 8.04. The van der Waals surface area contributed by atoms with Crippen LogP contribution >= 0.6 is 0 Å². The first kappa shape index (κ1) is 25.8. The predicted octanol–water partition coefficient (Wildman–Crippen LogP) is 1.98. The van der Waals surface area contributed by atoms with E-state index < -0.39 is 18.5 Å². The Bertz CT molecular complexity index is 1160. The molecule has 0 spiro atoms. The topological polar surface area (TPSA) is 64.3 Å². The van der Waals surface area contributed by atoms with Gasteiger partial charge in [0.25, 0.3) is 0 Å². The number of nitrogen functional groups attached to an aromatic ring is 1. The maximum atomic E-state index is 13.5. The minimum atomic E-state index is -5.22. The van der Waals surface area contributed by atoms with Crippen LogP contribution in [0.3, 0.4) is 0 Å². The zero-order valence-corrected chi connectivity index (χ0v) is 21.9. The fourth-order valence-electron chi connectivity index (χ4n) is 4.51. The van der Waals surface area contributed by atoms with Crippen molar-refractivity contribution in [1.82, 2.24) is 5.32 Å². The summed E-state index contributed by atoms with van der Waals surface area (Å²) < 4.78 is 46.0. The van der Waals surface area contributed by atoms with Gasteiger partial charge in [0, 0.05) is 18.2 Å². The van der Waals surface area contributed by atoms with Gasteiger partial charge in [0.05, 0.1) is 0 Å². The molecule has 0 aromatic heterocycles. The SMILES string of the molecule is Cc1c(N)cc(CNC(=O)OCC2c3ccccc3-c3ccccc32)c(C)c1[B-](F)(F)F.[K+]. The number of carbonyl (C=O) groups is 1. The first-order chi connectivity index (χ1) is 15.2. The molecule has 0 aliphatic heterocycles. The summed E-state index contributed by atoms with van der Waals surface area (Å²) in [5, 5.41) is 2.56. The van der Waals surface area contributed by atoms with Crippen LogP contribution < -0.4 is 67.9 Å². The summed E-state index contributed by atoms with van der Waals surface area (Å²) >= 11 is 0. The zero-order valence-electron chi connectivity index (χ0n) is 18.8. The molecule has 1 aliphatic rings. The molecule has 0 heterocycles.